The third-order valence-corrected chi connectivity index (χ3v) is 5.46. The molecule has 4 heteroatoms. The van der Waals surface area contributed by atoms with Gasteiger partial charge in [-0.15, -0.1) is 0 Å². The molecule has 32 heavy (non-hydrogen) atoms. The van der Waals surface area contributed by atoms with Gasteiger partial charge in [0.05, 0.1) is 13.2 Å². The van der Waals surface area contributed by atoms with E-state index < -0.39 is 0 Å². The molecule has 0 aliphatic rings. The number of ether oxygens (including phenoxy) is 2. The number of nitrogens with one attached hydrogen (secondary N) is 1. The van der Waals surface area contributed by atoms with Crippen LogP contribution in [0, 0.1) is 5.92 Å². The first-order chi connectivity index (χ1) is 15.6. The minimum absolute atomic E-state index is 0.202. The Labute approximate surface area is 195 Å². The summed E-state index contributed by atoms with van der Waals surface area (Å²) in [5.74, 6) is 2.14. The van der Waals surface area contributed by atoms with E-state index in [0.717, 1.165) is 55.6 Å². The molecule has 0 spiro atoms. The Morgan fingerprint density at radius 2 is 1.66 bits per heavy atom. The Kier molecular flexibility index (Phi) is 14.9. The number of hydrogen-bond donors (Lipinski definition) is 1. The fraction of sp³-hybridized carbons (Fsp3) is 0.536. The summed E-state index contributed by atoms with van der Waals surface area (Å²) in [6, 6.07) is 3.86. The highest BCUT2D eigenvalue weighted by Gasteiger charge is 2.18. The summed E-state index contributed by atoms with van der Waals surface area (Å²) in [7, 11) is 0. The summed E-state index contributed by atoms with van der Waals surface area (Å²) >= 11 is 0. The van der Waals surface area contributed by atoms with Crippen LogP contribution in [0.5, 0.6) is 11.5 Å². The van der Waals surface area contributed by atoms with Crippen molar-refractivity contribution in [2.45, 2.75) is 66.7 Å². The lowest BCUT2D eigenvalue weighted by molar-refractivity contribution is 0.0971. The molecule has 0 aromatic heterocycles. The molecule has 0 amide bonds. The fourth-order valence-electron chi connectivity index (χ4n) is 3.59. The van der Waals surface area contributed by atoms with Crippen molar-refractivity contribution < 1.29 is 14.3 Å². The van der Waals surface area contributed by atoms with Crippen LogP contribution in [-0.4, -0.2) is 32.1 Å². The maximum absolute atomic E-state index is 13.1. The molecule has 1 aromatic carbocycles. The summed E-state index contributed by atoms with van der Waals surface area (Å²) in [4.78, 5) is 13.1. The molecule has 0 fully saturated rings. The summed E-state index contributed by atoms with van der Waals surface area (Å²) in [6.45, 7) is 13.1. The molecule has 0 bridgehead atoms. The Morgan fingerprint density at radius 3 is 2.28 bits per heavy atom. The number of allylic oxidation sites excluding steroid dienone is 5. The van der Waals surface area contributed by atoms with Gasteiger partial charge in [-0.3, -0.25) is 4.79 Å². The van der Waals surface area contributed by atoms with Gasteiger partial charge in [-0.05, 0) is 70.2 Å². The first-order valence-corrected chi connectivity index (χ1v) is 12.2. The maximum Gasteiger partial charge on any atom is 0.163 e. The first kappa shape index (κ1) is 27.7. The van der Waals surface area contributed by atoms with E-state index in [1.807, 2.05) is 57.2 Å². The number of rotatable bonds is 17. The van der Waals surface area contributed by atoms with Crippen LogP contribution in [0.4, 0.5) is 0 Å². The van der Waals surface area contributed by atoms with Crippen LogP contribution in [0.25, 0.3) is 0 Å². The highest BCUT2D eigenvalue weighted by Crippen LogP contribution is 2.32. The van der Waals surface area contributed by atoms with Crippen molar-refractivity contribution >= 4 is 5.78 Å². The van der Waals surface area contributed by atoms with Crippen molar-refractivity contribution in [1.29, 1.82) is 0 Å². The van der Waals surface area contributed by atoms with Gasteiger partial charge in [-0.25, -0.2) is 0 Å². The van der Waals surface area contributed by atoms with Crippen molar-refractivity contribution in [1.82, 2.24) is 5.32 Å². The number of benzene rings is 1. The minimum atomic E-state index is 0.202. The Bertz CT molecular complexity index is 749. The zero-order valence-corrected chi connectivity index (χ0v) is 20.8. The normalized spacial score (nSPS) is 12.8. The van der Waals surface area contributed by atoms with E-state index in [0.29, 0.717) is 31.3 Å². The Morgan fingerprint density at radius 1 is 0.969 bits per heavy atom. The third kappa shape index (κ3) is 10.3. The second kappa shape index (κ2) is 17.3. The lowest BCUT2D eigenvalue weighted by atomic mass is 9.92. The summed E-state index contributed by atoms with van der Waals surface area (Å²) < 4.78 is 11.5. The molecule has 1 unspecified atom stereocenters. The highest BCUT2D eigenvalue weighted by atomic mass is 16.5. The number of hydrogen-bond acceptors (Lipinski definition) is 4. The van der Waals surface area contributed by atoms with Gasteiger partial charge in [0, 0.05) is 18.5 Å². The van der Waals surface area contributed by atoms with Gasteiger partial charge in [0.1, 0.15) is 0 Å². The fourth-order valence-corrected chi connectivity index (χ4v) is 3.59. The van der Waals surface area contributed by atoms with Crippen LogP contribution in [0.3, 0.4) is 0 Å². The first-order valence-electron chi connectivity index (χ1n) is 12.2. The van der Waals surface area contributed by atoms with E-state index in [-0.39, 0.29) is 5.78 Å². The van der Waals surface area contributed by atoms with Gasteiger partial charge in [-0.1, -0.05) is 56.7 Å². The molecule has 178 valence electrons. The van der Waals surface area contributed by atoms with Gasteiger partial charge in [0.2, 0.25) is 0 Å². The monoisotopic (exact) mass is 441 g/mol. The molecule has 0 aliphatic carbocycles. The molecule has 1 atom stereocenters. The molecule has 0 radical (unpaired) electrons. The summed E-state index contributed by atoms with van der Waals surface area (Å²) in [5.41, 5.74) is 1.82. The molecule has 0 aliphatic heterocycles. The van der Waals surface area contributed by atoms with Gasteiger partial charge < -0.3 is 14.8 Å². The van der Waals surface area contributed by atoms with Gasteiger partial charge in [-0.2, -0.15) is 0 Å². The van der Waals surface area contributed by atoms with Crippen LogP contribution < -0.4 is 14.8 Å². The quantitative estimate of drug-likeness (QED) is 0.166. The smallest absolute Gasteiger partial charge is 0.163 e. The zero-order valence-electron chi connectivity index (χ0n) is 20.8. The van der Waals surface area contributed by atoms with Gasteiger partial charge in [0.15, 0.2) is 17.3 Å². The van der Waals surface area contributed by atoms with Gasteiger partial charge >= 0.3 is 0 Å². The van der Waals surface area contributed by atoms with Crippen LogP contribution in [-0.2, 0) is 6.42 Å². The summed E-state index contributed by atoms with van der Waals surface area (Å²) in [6.07, 6.45) is 16.7. The molecular formula is C28H43NO3. The minimum Gasteiger partial charge on any atom is -0.490 e. The Hall–Kier alpha value is -2.33. The molecule has 1 rings (SSSR count). The number of carbonyl (C=O) groups excluding carboxylic acids is 1. The van der Waals surface area contributed by atoms with E-state index in [9.17, 15) is 4.79 Å². The van der Waals surface area contributed by atoms with E-state index in [2.05, 4.69) is 31.3 Å². The van der Waals surface area contributed by atoms with Crippen molar-refractivity contribution in [3.8, 4) is 11.5 Å². The second-order valence-electron chi connectivity index (χ2n) is 7.74. The number of ketones is 1. The second-order valence-corrected chi connectivity index (χ2v) is 7.74. The van der Waals surface area contributed by atoms with Crippen LogP contribution in [0.1, 0.15) is 76.2 Å². The summed E-state index contributed by atoms with van der Waals surface area (Å²) in [5, 5.41) is 3.46. The molecule has 1 N–H and O–H groups in total. The molecule has 0 heterocycles. The molecule has 4 nitrogen and oxygen atoms in total. The highest BCUT2D eigenvalue weighted by molar-refractivity contribution is 5.98. The topological polar surface area (TPSA) is 47.6 Å². The number of carbonyl (C=O) groups is 1. The molecule has 1 aromatic rings. The standard InChI is InChI=1S/C28H43NO3/c1-6-11-12-13-14-15-19-29-20-18-23(7-2)16-17-26(30)25-22-28(32-10-5)27(31-9-4)21-24(25)8-3/h6,11-15,21-23,29H,7-10,16-20H2,1-5H3/b11-6-,13-12-,15-14+. The number of Topliss-reactive ketones (excluding diaryl/α,β-unsaturated/α-hetero) is 1. The zero-order chi connectivity index (χ0) is 23.6. The predicted octanol–water partition coefficient (Wildman–Crippen LogP) is 6.70. The van der Waals surface area contributed by atoms with Crippen molar-refractivity contribution in [3.63, 3.8) is 0 Å². The molecule has 0 saturated carbocycles. The average Bonchev–Trinajstić information content (AvgIpc) is 2.80. The SMILES string of the molecule is C\C=C/C=C\C=C\CNCCC(CC)CCC(=O)c1cc(OCC)c(OCC)cc1CC. The van der Waals surface area contributed by atoms with E-state index in [1.165, 1.54) is 0 Å². The van der Waals surface area contributed by atoms with Crippen LogP contribution in [0.15, 0.2) is 48.6 Å². The van der Waals surface area contributed by atoms with Crippen molar-refractivity contribution in [3.05, 3.63) is 59.7 Å². The third-order valence-electron chi connectivity index (χ3n) is 5.46. The van der Waals surface area contributed by atoms with Crippen LogP contribution >= 0.6 is 0 Å². The average molecular weight is 442 g/mol. The predicted molar refractivity (Wildman–Crippen MR) is 136 cm³/mol. The van der Waals surface area contributed by atoms with Crippen molar-refractivity contribution in [2.24, 2.45) is 5.92 Å². The largest absolute Gasteiger partial charge is 0.490 e. The molecule has 0 saturated heterocycles. The van der Waals surface area contributed by atoms with E-state index in [4.69, 9.17) is 9.47 Å². The number of aryl methyl sites for hydroxylation is 1. The Balaban J connectivity index is 2.60. The van der Waals surface area contributed by atoms with E-state index >= 15 is 0 Å². The lowest BCUT2D eigenvalue weighted by Crippen LogP contribution is -2.18. The lowest BCUT2D eigenvalue weighted by Gasteiger charge is -2.17. The molecular weight excluding hydrogens is 398 g/mol. The van der Waals surface area contributed by atoms with Crippen LogP contribution in [0.2, 0.25) is 0 Å². The van der Waals surface area contributed by atoms with Crippen molar-refractivity contribution in [2.75, 3.05) is 26.3 Å². The maximum atomic E-state index is 13.1. The van der Waals surface area contributed by atoms with Gasteiger partial charge in [0.25, 0.3) is 0 Å². The van der Waals surface area contributed by atoms with E-state index in [1.54, 1.807) is 0 Å².